The first-order chi connectivity index (χ1) is 14.7. The summed E-state index contributed by atoms with van der Waals surface area (Å²) in [7, 11) is 0. The number of aromatic nitrogens is 3. The Morgan fingerprint density at radius 2 is 2.19 bits per heavy atom. The first kappa shape index (κ1) is 20.6. The monoisotopic (exact) mass is 436 g/mol. The fraction of sp³-hybridized carbons (Fsp3) is 0.263. The van der Waals surface area contributed by atoms with Crippen molar-refractivity contribution in [2.24, 2.45) is 10.7 Å². The minimum absolute atomic E-state index is 0.0120. The van der Waals surface area contributed by atoms with Gasteiger partial charge in [0.15, 0.2) is 17.6 Å². The van der Waals surface area contributed by atoms with Crippen molar-refractivity contribution in [3.63, 3.8) is 0 Å². The van der Waals surface area contributed by atoms with E-state index in [-0.39, 0.29) is 29.5 Å². The number of rotatable bonds is 5. The third-order valence-corrected chi connectivity index (χ3v) is 4.91. The van der Waals surface area contributed by atoms with Crippen LogP contribution in [-0.4, -0.2) is 33.0 Å². The minimum Gasteiger partial charge on any atom is -0.415 e. The maximum Gasteiger partial charge on any atom is 0.311 e. The standard InChI is InChI=1S/C19H16F4N6O2/c1-9-26-13(15(23)31-9)18(30)27-12-6-10(2-3-11(12)14(21)22)19(7-20)8-29-5-4-25-17(29)16(24)28-19/h2-6,14H,7-8H2,1H3,(H2,24,28)(H,27,30). The maximum absolute atomic E-state index is 14.3. The summed E-state index contributed by atoms with van der Waals surface area (Å²) in [6.07, 6.45) is 0.105. The Morgan fingerprint density at radius 3 is 2.84 bits per heavy atom. The number of aryl methyl sites for hydroxylation is 1. The molecule has 3 aromatic rings. The highest BCUT2D eigenvalue weighted by molar-refractivity contribution is 6.03. The van der Waals surface area contributed by atoms with Crippen LogP contribution in [0.4, 0.5) is 23.2 Å². The number of oxazole rings is 1. The van der Waals surface area contributed by atoms with Crippen LogP contribution in [0.2, 0.25) is 0 Å². The topological polar surface area (TPSA) is 111 Å². The van der Waals surface area contributed by atoms with E-state index in [0.29, 0.717) is 5.82 Å². The number of nitrogens with zero attached hydrogens (tertiary/aromatic N) is 4. The van der Waals surface area contributed by atoms with Gasteiger partial charge in [-0.15, -0.1) is 0 Å². The minimum atomic E-state index is -2.96. The van der Waals surface area contributed by atoms with Crippen molar-refractivity contribution in [3.8, 4) is 0 Å². The van der Waals surface area contributed by atoms with Crippen molar-refractivity contribution in [2.75, 3.05) is 12.0 Å². The molecule has 3 heterocycles. The van der Waals surface area contributed by atoms with Gasteiger partial charge in [-0.05, 0) is 11.6 Å². The van der Waals surface area contributed by atoms with Gasteiger partial charge in [-0.3, -0.25) is 4.79 Å². The van der Waals surface area contributed by atoms with E-state index in [1.165, 1.54) is 25.3 Å². The molecule has 0 saturated carbocycles. The Labute approximate surface area is 172 Å². The highest BCUT2D eigenvalue weighted by Crippen LogP contribution is 2.37. The Bertz CT molecular complexity index is 1190. The van der Waals surface area contributed by atoms with Gasteiger partial charge in [-0.25, -0.2) is 28.1 Å². The molecule has 8 nitrogen and oxygen atoms in total. The van der Waals surface area contributed by atoms with Gasteiger partial charge in [-0.1, -0.05) is 12.1 Å². The Hall–Kier alpha value is -3.70. The van der Waals surface area contributed by atoms with Crippen LogP contribution < -0.4 is 11.1 Å². The largest absolute Gasteiger partial charge is 0.415 e. The van der Waals surface area contributed by atoms with Gasteiger partial charge in [0.2, 0.25) is 5.69 Å². The molecule has 1 atom stereocenters. The Morgan fingerprint density at radius 1 is 1.42 bits per heavy atom. The molecule has 0 radical (unpaired) electrons. The molecule has 1 aliphatic rings. The predicted molar refractivity (Wildman–Crippen MR) is 101 cm³/mol. The number of hydrogen-bond donors (Lipinski definition) is 2. The molecule has 1 aliphatic heterocycles. The van der Waals surface area contributed by atoms with E-state index in [1.54, 1.807) is 10.8 Å². The fourth-order valence-electron chi connectivity index (χ4n) is 3.44. The molecule has 1 aromatic carbocycles. The number of aliphatic imine (C=N–C) groups is 1. The lowest BCUT2D eigenvalue weighted by molar-refractivity contribution is 0.101. The number of halogens is 4. The molecular formula is C19H16F4N6O2. The number of alkyl halides is 3. The SMILES string of the molecule is Cc1nc(C(=O)Nc2cc(C3(CF)Cn4ccnc4C(N)=N3)ccc2C(F)F)c(F)o1. The fourth-order valence-corrected chi connectivity index (χ4v) is 3.44. The molecule has 31 heavy (non-hydrogen) atoms. The van der Waals surface area contributed by atoms with Gasteiger partial charge < -0.3 is 20.0 Å². The van der Waals surface area contributed by atoms with Gasteiger partial charge in [0.1, 0.15) is 12.2 Å². The second kappa shape index (κ2) is 7.52. The smallest absolute Gasteiger partial charge is 0.311 e. The van der Waals surface area contributed by atoms with Crippen LogP contribution in [0, 0.1) is 12.9 Å². The average Bonchev–Trinajstić information content (AvgIpc) is 3.33. The highest BCUT2D eigenvalue weighted by atomic mass is 19.3. The number of imidazole rings is 1. The molecule has 4 rings (SSSR count). The number of carbonyl (C=O) groups excluding carboxylic acids is 1. The Kier molecular flexibility index (Phi) is 4.99. The van der Waals surface area contributed by atoms with Crippen molar-refractivity contribution >= 4 is 17.4 Å². The molecule has 162 valence electrons. The van der Waals surface area contributed by atoms with E-state index in [4.69, 9.17) is 5.73 Å². The second-order valence-electron chi connectivity index (χ2n) is 6.95. The number of carbonyl (C=O) groups is 1. The lowest BCUT2D eigenvalue weighted by atomic mass is 9.89. The molecule has 0 fully saturated rings. The number of hydrogen-bond acceptors (Lipinski definition) is 6. The summed E-state index contributed by atoms with van der Waals surface area (Å²) in [4.78, 5) is 24.3. The number of fused-ring (bicyclic) bond motifs is 1. The quantitative estimate of drug-likeness (QED) is 0.597. The molecule has 0 saturated heterocycles. The predicted octanol–water partition coefficient (Wildman–Crippen LogP) is 3.09. The van der Waals surface area contributed by atoms with Gasteiger partial charge in [0.25, 0.3) is 12.3 Å². The van der Waals surface area contributed by atoms with Crippen LogP contribution in [0.3, 0.4) is 0 Å². The van der Waals surface area contributed by atoms with E-state index in [9.17, 15) is 22.4 Å². The first-order valence-corrected chi connectivity index (χ1v) is 9.04. The van der Waals surface area contributed by atoms with Crippen LogP contribution >= 0.6 is 0 Å². The van der Waals surface area contributed by atoms with Crippen LogP contribution in [-0.2, 0) is 12.1 Å². The van der Waals surface area contributed by atoms with Crippen LogP contribution in [0.5, 0.6) is 0 Å². The van der Waals surface area contributed by atoms with Crippen molar-refractivity contribution in [2.45, 2.75) is 25.4 Å². The number of anilines is 1. The van der Waals surface area contributed by atoms with E-state index in [1.807, 2.05) is 0 Å². The van der Waals surface area contributed by atoms with Crippen molar-refractivity contribution in [1.29, 1.82) is 0 Å². The lowest BCUT2D eigenvalue weighted by Gasteiger charge is -2.32. The normalized spacial score (nSPS) is 18.1. The van der Waals surface area contributed by atoms with Crippen molar-refractivity contribution in [1.82, 2.24) is 14.5 Å². The molecule has 2 aromatic heterocycles. The average molecular weight is 436 g/mol. The summed E-state index contributed by atoms with van der Waals surface area (Å²) >= 11 is 0. The van der Waals surface area contributed by atoms with E-state index in [2.05, 4.69) is 24.7 Å². The van der Waals surface area contributed by atoms with Crippen LogP contribution in [0.25, 0.3) is 0 Å². The van der Waals surface area contributed by atoms with E-state index >= 15 is 0 Å². The molecule has 3 N–H and O–H groups in total. The number of amides is 1. The highest BCUT2D eigenvalue weighted by Gasteiger charge is 2.38. The molecule has 12 heteroatoms. The van der Waals surface area contributed by atoms with Crippen LogP contribution in [0.15, 0.2) is 40.0 Å². The number of benzene rings is 1. The van der Waals surface area contributed by atoms with Gasteiger partial charge >= 0.3 is 6.01 Å². The zero-order valence-corrected chi connectivity index (χ0v) is 16.1. The molecule has 0 aliphatic carbocycles. The van der Waals surface area contributed by atoms with Gasteiger partial charge in [0.05, 0.1) is 12.2 Å². The third kappa shape index (κ3) is 3.53. The van der Waals surface area contributed by atoms with E-state index < -0.39 is 41.8 Å². The summed E-state index contributed by atoms with van der Waals surface area (Å²) in [6.45, 7) is 0.341. The third-order valence-electron chi connectivity index (χ3n) is 4.91. The number of nitrogens with one attached hydrogen (secondary N) is 1. The van der Waals surface area contributed by atoms with Crippen molar-refractivity contribution in [3.05, 3.63) is 65.1 Å². The molecular weight excluding hydrogens is 420 g/mol. The summed E-state index contributed by atoms with van der Waals surface area (Å²) in [6, 6.07) is 2.26. The number of nitrogens with two attached hydrogens (primary N) is 1. The summed E-state index contributed by atoms with van der Waals surface area (Å²) < 4.78 is 61.2. The molecule has 1 amide bonds. The zero-order valence-electron chi connectivity index (χ0n) is 16.1. The van der Waals surface area contributed by atoms with E-state index in [0.717, 1.165) is 6.07 Å². The second-order valence-corrected chi connectivity index (χ2v) is 6.95. The van der Waals surface area contributed by atoms with Gasteiger partial charge in [-0.2, -0.15) is 4.39 Å². The molecule has 1 unspecified atom stereocenters. The van der Waals surface area contributed by atoms with Gasteiger partial charge in [0, 0.05) is 24.9 Å². The summed E-state index contributed by atoms with van der Waals surface area (Å²) in [5.41, 5.74) is 3.02. The lowest BCUT2D eigenvalue weighted by Crippen LogP contribution is -2.40. The zero-order chi connectivity index (χ0) is 22.3. The molecule has 0 spiro atoms. The first-order valence-electron chi connectivity index (χ1n) is 9.04. The van der Waals surface area contributed by atoms with Crippen LogP contribution in [0.1, 0.15) is 39.8 Å². The Balaban J connectivity index is 1.76. The summed E-state index contributed by atoms with van der Waals surface area (Å²) in [5.74, 6) is -0.854. The summed E-state index contributed by atoms with van der Waals surface area (Å²) in [5, 5.41) is 2.21. The van der Waals surface area contributed by atoms with Crippen molar-refractivity contribution < 1.29 is 26.8 Å². The number of amidine groups is 1. The molecule has 0 bridgehead atoms. The maximum atomic E-state index is 14.3.